The minimum atomic E-state index is -2.84. The summed E-state index contributed by atoms with van der Waals surface area (Å²) in [5.74, 6) is 0.447. The first kappa shape index (κ1) is 27.1. The Balaban J connectivity index is 0.00000630. The number of imidazole rings is 1. The van der Waals surface area contributed by atoms with Crippen LogP contribution < -0.4 is 0 Å². The van der Waals surface area contributed by atoms with Crippen LogP contribution in [0.1, 0.15) is 62.3 Å². The number of rotatable bonds is 6. The Hall–Kier alpha value is -5.57. The molecule has 0 aliphatic carbocycles. The predicted molar refractivity (Wildman–Crippen MR) is 224 cm³/mol. The Morgan fingerprint density at radius 3 is 2.20 bits per heavy atom. The first-order valence-corrected chi connectivity index (χ1v) is 17.7. The number of phenolic OH excluding ortho intramolecular Hbond substituents is 1. The number of aromatic nitrogens is 3. The van der Waals surface area contributed by atoms with Gasteiger partial charge in [-0.05, 0) is 102 Å². The SMILES string of the molecule is [2H]c1c([2H])c(C([2H])([2H])[2H])c([2H])c([2H])c1-c1ccnc(-c2[c-]c(-c3cccc4c3nc(-c3cc(C)cc(C)c3O)n4-c3cc(-c4ccccc4)cc(C([2H])([2H])[2H])c3)cc(C(C)(C)C)c2)c1.[Pt]. The molecule has 276 valence electrons. The van der Waals surface area contributed by atoms with Crippen LogP contribution in [0.4, 0.5) is 0 Å². The van der Waals surface area contributed by atoms with Gasteiger partial charge in [0.2, 0.25) is 0 Å². The van der Waals surface area contributed by atoms with Gasteiger partial charge in [-0.3, -0.25) is 9.55 Å². The average molecular weight is 908 g/mol. The van der Waals surface area contributed by atoms with E-state index in [-0.39, 0.29) is 43.4 Å². The van der Waals surface area contributed by atoms with Gasteiger partial charge in [-0.2, -0.15) is 0 Å². The molecule has 5 heteroatoms. The Bertz CT molecular complexity index is 3120. The molecule has 4 nitrogen and oxygen atoms in total. The van der Waals surface area contributed by atoms with Crippen molar-refractivity contribution in [1.29, 1.82) is 0 Å². The van der Waals surface area contributed by atoms with Crippen molar-refractivity contribution in [2.75, 3.05) is 0 Å². The molecule has 2 heterocycles. The first-order valence-electron chi connectivity index (χ1n) is 22.7. The van der Waals surface area contributed by atoms with E-state index < -0.39 is 43.4 Å². The van der Waals surface area contributed by atoms with E-state index in [1.165, 1.54) is 6.20 Å². The summed E-state index contributed by atoms with van der Waals surface area (Å²) in [7, 11) is 0. The van der Waals surface area contributed by atoms with E-state index in [2.05, 4.69) is 31.8 Å². The summed E-state index contributed by atoms with van der Waals surface area (Å²) < 4.78 is 85.4. The van der Waals surface area contributed by atoms with E-state index in [0.717, 1.165) is 16.7 Å². The van der Waals surface area contributed by atoms with Crippen molar-refractivity contribution >= 4 is 11.0 Å². The van der Waals surface area contributed by atoms with Gasteiger partial charge >= 0.3 is 0 Å². The Morgan fingerprint density at radius 2 is 1.45 bits per heavy atom. The third-order valence-corrected chi connectivity index (χ3v) is 9.63. The molecule has 0 unspecified atom stereocenters. The predicted octanol–water partition coefficient (Wildman–Crippen LogP) is 12.8. The number of phenols is 1. The summed E-state index contributed by atoms with van der Waals surface area (Å²) in [4.78, 5) is 9.96. The van der Waals surface area contributed by atoms with Crippen molar-refractivity contribution < 1.29 is 39.9 Å². The number of aromatic hydroxyl groups is 1. The molecule has 6 aromatic carbocycles. The van der Waals surface area contributed by atoms with Gasteiger partial charge in [-0.25, -0.2) is 4.98 Å². The summed E-state index contributed by atoms with van der Waals surface area (Å²) in [5.41, 5.74) is 7.98. The van der Waals surface area contributed by atoms with Gasteiger partial charge in [-0.1, -0.05) is 122 Å². The van der Waals surface area contributed by atoms with Crippen LogP contribution in [0.25, 0.3) is 72.7 Å². The van der Waals surface area contributed by atoms with E-state index in [1.54, 1.807) is 24.3 Å². The van der Waals surface area contributed by atoms with E-state index >= 15 is 0 Å². The second kappa shape index (κ2) is 14.9. The zero-order valence-electron chi connectivity index (χ0n) is 41.0. The van der Waals surface area contributed by atoms with Crippen molar-refractivity contribution in [2.24, 2.45) is 0 Å². The zero-order chi connectivity index (χ0) is 46.2. The number of para-hydroxylation sites is 1. The molecular weight excluding hydrogens is 854 g/mol. The number of aryl methyl sites for hydroxylation is 3. The van der Waals surface area contributed by atoms with Crippen molar-refractivity contribution in [1.82, 2.24) is 14.5 Å². The maximum Gasteiger partial charge on any atom is 0.148 e. The molecule has 0 aliphatic rings. The Kier molecular flexibility index (Phi) is 7.35. The van der Waals surface area contributed by atoms with Crippen LogP contribution >= 0.6 is 0 Å². The van der Waals surface area contributed by atoms with E-state index in [4.69, 9.17) is 18.7 Å². The molecule has 0 saturated carbocycles. The third-order valence-electron chi connectivity index (χ3n) is 9.63. The Labute approximate surface area is 352 Å². The van der Waals surface area contributed by atoms with Gasteiger partial charge in [0.25, 0.3) is 0 Å². The number of hydrogen-bond donors (Lipinski definition) is 1. The molecule has 0 bridgehead atoms. The molecule has 0 fully saturated rings. The molecule has 8 aromatic rings. The summed E-state index contributed by atoms with van der Waals surface area (Å²) >= 11 is 0. The van der Waals surface area contributed by atoms with Crippen LogP contribution in [0.5, 0.6) is 5.75 Å². The van der Waals surface area contributed by atoms with Crippen molar-refractivity contribution in [2.45, 2.75) is 53.7 Å². The van der Waals surface area contributed by atoms with Gasteiger partial charge in [-0.15, -0.1) is 29.3 Å². The fraction of sp³-hybridized carbons (Fsp3) is 0.160. The van der Waals surface area contributed by atoms with Gasteiger partial charge in [0.15, 0.2) is 0 Å². The topological polar surface area (TPSA) is 50.9 Å². The number of pyridine rings is 1. The molecular formula is C50H44N3OPt-. The molecule has 0 radical (unpaired) electrons. The number of hydrogen-bond acceptors (Lipinski definition) is 3. The van der Waals surface area contributed by atoms with Crippen molar-refractivity contribution in [3.63, 3.8) is 0 Å². The summed E-state index contributed by atoms with van der Waals surface area (Å²) in [6, 6.07) is 32.9. The average Bonchev–Trinajstić information content (AvgIpc) is 3.63. The molecule has 1 N–H and O–H groups in total. The molecule has 0 saturated heterocycles. The smallest absolute Gasteiger partial charge is 0.148 e. The van der Waals surface area contributed by atoms with Gasteiger partial charge < -0.3 is 5.11 Å². The van der Waals surface area contributed by atoms with Crippen LogP contribution in [0.2, 0.25) is 0 Å². The van der Waals surface area contributed by atoms with Gasteiger partial charge in [0.05, 0.1) is 22.1 Å². The number of fused-ring (bicyclic) bond motifs is 1. The minimum absolute atomic E-state index is 0. The molecule has 0 spiro atoms. The maximum atomic E-state index is 11.7. The van der Waals surface area contributed by atoms with Crippen LogP contribution in [-0.2, 0) is 26.5 Å². The maximum absolute atomic E-state index is 11.7. The van der Waals surface area contributed by atoms with Crippen LogP contribution in [0.15, 0.2) is 133 Å². The molecule has 0 atom stereocenters. The fourth-order valence-corrected chi connectivity index (χ4v) is 6.90. The van der Waals surface area contributed by atoms with Gasteiger partial charge in [0, 0.05) is 46.9 Å². The largest absolute Gasteiger partial charge is 0.507 e. The van der Waals surface area contributed by atoms with E-state index in [9.17, 15) is 5.11 Å². The van der Waals surface area contributed by atoms with E-state index in [0.29, 0.717) is 67.2 Å². The van der Waals surface area contributed by atoms with Crippen LogP contribution in [-0.4, -0.2) is 19.6 Å². The summed E-state index contributed by atoms with van der Waals surface area (Å²) in [6.45, 7) is 4.72. The molecule has 8 rings (SSSR count). The van der Waals surface area contributed by atoms with Crippen molar-refractivity contribution in [3.05, 3.63) is 167 Å². The summed E-state index contributed by atoms with van der Waals surface area (Å²) in [6.07, 6.45) is 1.51. The van der Waals surface area contributed by atoms with Crippen LogP contribution in [0.3, 0.4) is 0 Å². The number of nitrogens with zero attached hydrogens (tertiary/aromatic N) is 3. The van der Waals surface area contributed by atoms with Gasteiger partial charge in [0.1, 0.15) is 11.6 Å². The second-order valence-corrected chi connectivity index (χ2v) is 14.7. The first-order chi connectivity index (χ1) is 30.0. The monoisotopic (exact) mass is 907 g/mol. The quantitative estimate of drug-likeness (QED) is 0.169. The fourth-order valence-electron chi connectivity index (χ4n) is 6.90. The normalized spacial score (nSPS) is 14.6. The van der Waals surface area contributed by atoms with Crippen molar-refractivity contribution in [3.8, 4) is 67.5 Å². The van der Waals surface area contributed by atoms with Crippen LogP contribution in [0, 0.1) is 33.6 Å². The molecule has 0 aliphatic heterocycles. The van der Waals surface area contributed by atoms with E-state index in [1.807, 2.05) is 97.3 Å². The summed E-state index contributed by atoms with van der Waals surface area (Å²) in [5, 5.41) is 11.7. The zero-order valence-corrected chi connectivity index (χ0v) is 33.3. The standard InChI is InChI=1S/C50H44N3O.Pt/c1-31-16-18-36(19-17-31)37-20-21-51-45(30-37)40-26-39(27-41(28-40)50(5,6)7)43-14-11-15-46-47(43)52-49(44-25-32(2)22-34(4)48(44)54)53(46)42-24-33(3)23-38(29-42)35-12-9-8-10-13-35;/h8-25,27-30,54H,1-7H3;/q-1;/i1D3,3D3,16D,17D,18D,19D;. The molecule has 2 aromatic heterocycles. The molecule has 55 heavy (non-hydrogen) atoms. The minimum Gasteiger partial charge on any atom is -0.507 e. The molecule has 0 amide bonds. The third kappa shape index (κ3) is 7.44. The Morgan fingerprint density at radius 1 is 0.691 bits per heavy atom. The second-order valence-electron chi connectivity index (χ2n) is 14.7. The number of benzene rings is 6.